The first-order valence-corrected chi connectivity index (χ1v) is 10.0. The first-order valence-electron chi connectivity index (χ1n) is 8.20. The number of hydrogen-bond donors (Lipinski definition) is 2. The third-order valence-corrected chi connectivity index (χ3v) is 5.63. The van der Waals surface area contributed by atoms with E-state index in [1.807, 2.05) is 12.1 Å². The number of nitrogens with one attached hydrogen (secondary N) is 2. The van der Waals surface area contributed by atoms with Crippen molar-refractivity contribution in [2.45, 2.75) is 26.2 Å². The number of hydrogen-bond acceptors (Lipinski definition) is 4. The van der Waals surface area contributed by atoms with Crippen molar-refractivity contribution in [2.24, 2.45) is 4.99 Å². The number of methoxy groups -OCH3 is 1. The van der Waals surface area contributed by atoms with Gasteiger partial charge in [-0.15, -0.1) is 24.0 Å². The van der Waals surface area contributed by atoms with Gasteiger partial charge in [0, 0.05) is 25.9 Å². The maximum atomic E-state index is 11.5. The molecular weight excluding hydrogens is 453 g/mol. The van der Waals surface area contributed by atoms with Crippen molar-refractivity contribution in [1.29, 1.82) is 0 Å². The molecule has 1 atom stereocenters. The van der Waals surface area contributed by atoms with Crippen LogP contribution in [0.1, 0.15) is 31.7 Å². The number of aliphatic imine (C=N–C) groups is 1. The topological polar surface area (TPSA) is 79.8 Å². The SMILES string of the molecule is CCS(=O)(=O)CCNC(=NC)NCCC(C)c1ccc(OC)cc1.I. The van der Waals surface area contributed by atoms with Crippen LogP contribution >= 0.6 is 24.0 Å². The van der Waals surface area contributed by atoms with Crippen molar-refractivity contribution < 1.29 is 13.2 Å². The van der Waals surface area contributed by atoms with Crippen molar-refractivity contribution in [3.63, 3.8) is 0 Å². The summed E-state index contributed by atoms with van der Waals surface area (Å²) in [4.78, 5) is 4.11. The van der Waals surface area contributed by atoms with Crippen LogP contribution in [0.3, 0.4) is 0 Å². The first-order chi connectivity index (χ1) is 11.4. The molecule has 0 aromatic heterocycles. The van der Waals surface area contributed by atoms with Crippen LogP contribution in [0.2, 0.25) is 0 Å². The summed E-state index contributed by atoms with van der Waals surface area (Å²) in [5, 5.41) is 6.25. The van der Waals surface area contributed by atoms with E-state index >= 15 is 0 Å². The predicted octanol–water partition coefficient (Wildman–Crippen LogP) is 2.41. The molecule has 0 saturated carbocycles. The second-order valence-electron chi connectivity index (χ2n) is 5.63. The normalized spacial score (nSPS) is 12.9. The van der Waals surface area contributed by atoms with Gasteiger partial charge in [0.2, 0.25) is 0 Å². The van der Waals surface area contributed by atoms with Crippen LogP contribution in [-0.4, -0.2) is 53.1 Å². The molecule has 0 aliphatic heterocycles. The second kappa shape index (κ2) is 12.3. The average molecular weight is 483 g/mol. The number of nitrogens with zero attached hydrogens (tertiary/aromatic N) is 1. The summed E-state index contributed by atoms with van der Waals surface area (Å²) in [7, 11) is 0.382. The zero-order chi connectivity index (χ0) is 18.0. The Hall–Kier alpha value is -1.03. The molecule has 1 aromatic rings. The third kappa shape index (κ3) is 9.29. The van der Waals surface area contributed by atoms with Crippen LogP contribution in [0.15, 0.2) is 29.3 Å². The Kier molecular flexibility index (Phi) is 11.8. The summed E-state index contributed by atoms with van der Waals surface area (Å²) in [5.41, 5.74) is 1.26. The summed E-state index contributed by atoms with van der Waals surface area (Å²) in [5.74, 6) is 2.17. The summed E-state index contributed by atoms with van der Waals surface area (Å²) in [6, 6.07) is 8.08. The minimum atomic E-state index is -2.95. The Morgan fingerprint density at radius 2 is 1.80 bits per heavy atom. The van der Waals surface area contributed by atoms with Crippen LogP contribution in [0, 0.1) is 0 Å². The Morgan fingerprint density at radius 1 is 1.20 bits per heavy atom. The van der Waals surface area contributed by atoms with Crippen molar-refractivity contribution in [1.82, 2.24) is 10.6 Å². The zero-order valence-corrected chi connectivity index (χ0v) is 18.6. The lowest BCUT2D eigenvalue weighted by atomic mass is 9.98. The number of sulfone groups is 1. The van der Waals surface area contributed by atoms with Crippen LogP contribution in [0.4, 0.5) is 0 Å². The maximum Gasteiger partial charge on any atom is 0.191 e. The minimum absolute atomic E-state index is 0. The molecule has 0 aliphatic rings. The molecule has 1 unspecified atom stereocenters. The van der Waals surface area contributed by atoms with E-state index in [2.05, 4.69) is 34.7 Å². The fourth-order valence-corrected chi connectivity index (χ4v) is 2.90. The lowest BCUT2D eigenvalue weighted by molar-refractivity contribution is 0.414. The highest BCUT2D eigenvalue weighted by Gasteiger charge is 2.08. The van der Waals surface area contributed by atoms with E-state index in [-0.39, 0.29) is 35.5 Å². The standard InChI is InChI=1S/C17H29N3O3S.HI/c1-5-24(21,22)13-12-20-17(18-3)19-11-10-14(2)15-6-8-16(23-4)9-7-15;/h6-9,14H,5,10-13H2,1-4H3,(H2,18,19,20);1H. The summed E-state index contributed by atoms with van der Waals surface area (Å²) < 4.78 is 28.1. The van der Waals surface area contributed by atoms with Gasteiger partial charge >= 0.3 is 0 Å². The van der Waals surface area contributed by atoms with Gasteiger partial charge in [0.15, 0.2) is 15.8 Å². The van der Waals surface area contributed by atoms with Crippen molar-refractivity contribution in [2.75, 3.05) is 38.8 Å². The smallest absolute Gasteiger partial charge is 0.191 e. The van der Waals surface area contributed by atoms with E-state index in [0.29, 0.717) is 18.4 Å². The molecule has 0 fully saturated rings. The number of ether oxygens (including phenoxy) is 1. The van der Waals surface area contributed by atoms with Gasteiger partial charge in [-0.25, -0.2) is 8.42 Å². The Labute approximate surface area is 168 Å². The highest BCUT2D eigenvalue weighted by atomic mass is 127. The van der Waals surface area contributed by atoms with E-state index in [4.69, 9.17) is 4.74 Å². The third-order valence-electron chi connectivity index (χ3n) is 3.92. The fraction of sp³-hybridized carbons (Fsp3) is 0.588. The summed E-state index contributed by atoms with van der Waals surface area (Å²) in [6.07, 6.45) is 0.945. The van der Waals surface area contributed by atoms with Gasteiger partial charge in [0.1, 0.15) is 5.75 Å². The van der Waals surface area contributed by atoms with Crippen LogP contribution in [0.25, 0.3) is 0 Å². The largest absolute Gasteiger partial charge is 0.497 e. The second-order valence-corrected chi connectivity index (χ2v) is 8.10. The van der Waals surface area contributed by atoms with E-state index in [9.17, 15) is 8.42 Å². The van der Waals surface area contributed by atoms with Gasteiger partial charge in [-0.2, -0.15) is 0 Å². The van der Waals surface area contributed by atoms with Gasteiger partial charge in [-0.1, -0.05) is 26.0 Å². The molecule has 0 saturated heterocycles. The Morgan fingerprint density at radius 3 is 2.32 bits per heavy atom. The number of guanidine groups is 1. The quantitative estimate of drug-likeness (QED) is 0.321. The maximum absolute atomic E-state index is 11.5. The van der Waals surface area contributed by atoms with Gasteiger partial charge in [0.05, 0.1) is 12.9 Å². The Balaban J connectivity index is 0.00000576. The van der Waals surface area contributed by atoms with E-state index in [1.165, 1.54) is 5.56 Å². The molecule has 1 rings (SSSR count). The Bertz CT molecular complexity index is 619. The molecule has 25 heavy (non-hydrogen) atoms. The average Bonchev–Trinajstić information content (AvgIpc) is 2.60. The fourth-order valence-electron chi connectivity index (χ4n) is 2.20. The van der Waals surface area contributed by atoms with Crippen molar-refractivity contribution in [3.8, 4) is 5.75 Å². The van der Waals surface area contributed by atoms with Gasteiger partial charge in [-0.3, -0.25) is 4.99 Å². The molecule has 2 N–H and O–H groups in total. The highest BCUT2D eigenvalue weighted by molar-refractivity contribution is 14.0. The lowest BCUT2D eigenvalue weighted by Crippen LogP contribution is -2.40. The van der Waals surface area contributed by atoms with Crippen LogP contribution in [-0.2, 0) is 9.84 Å². The van der Waals surface area contributed by atoms with E-state index in [0.717, 1.165) is 18.7 Å². The lowest BCUT2D eigenvalue weighted by Gasteiger charge is -2.15. The molecule has 0 heterocycles. The van der Waals surface area contributed by atoms with Gasteiger partial charge in [-0.05, 0) is 30.0 Å². The van der Waals surface area contributed by atoms with Gasteiger partial charge < -0.3 is 15.4 Å². The molecular formula is C17H30IN3O3S. The van der Waals surface area contributed by atoms with Crippen LogP contribution in [0.5, 0.6) is 5.75 Å². The molecule has 6 nitrogen and oxygen atoms in total. The molecule has 0 bridgehead atoms. The molecule has 1 aromatic carbocycles. The number of halogens is 1. The molecule has 0 spiro atoms. The number of rotatable bonds is 9. The van der Waals surface area contributed by atoms with Gasteiger partial charge in [0.25, 0.3) is 0 Å². The van der Waals surface area contributed by atoms with E-state index < -0.39 is 9.84 Å². The van der Waals surface area contributed by atoms with Crippen LogP contribution < -0.4 is 15.4 Å². The number of benzene rings is 1. The monoisotopic (exact) mass is 483 g/mol. The zero-order valence-electron chi connectivity index (χ0n) is 15.4. The molecule has 0 amide bonds. The first kappa shape index (κ1) is 24.0. The molecule has 144 valence electrons. The van der Waals surface area contributed by atoms with E-state index in [1.54, 1.807) is 21.1 Å². The molecule has 8 heteroatoms. The summed E-state index contributed by atoms with van der Waals surface area (Å²) >= 11 is 0. The summed E-state index contributed by atoms with van der Waals surface area (Å²) in [6.45, 7) is 4.95. The molecule has 0 aliphatic carbocycles. The van der Waals surface area contributed by atoms with Crippen molar-refractivity contribution >= 4 is 39.8 Å². The highest BCUT2D eigenvalue weighted by Crippen LogP contribution is 2.21. The minimum Gasteiger partial charge on any atom is -0.497 e. The van der Waals surface area contributed by atoms with Crippen molar-refractivity contribution in [3.05, 3.63) is 29.8 Å². The predicted molar refractivity (Wildman–Crippen MR) is 115 cm³/mol. The molecule has 0 radical (unpaired) electrons.